The van der Waals surface area contributed by atoms with Crippen molar-refractivity contribution in [2.75, 3.05) is 25.2 Å². The SMILES string of the molecule is CCSCCOC(=O)C1=C(C)NC2=C(C(=O)CC(c3cccs3)C2)C1c1ccc(C(=O)OC)cc1. The number of carbonyl (C=O) groups excluding carboxylic acids is 3. The molecule has 184 valence electrons. The van der Waals surface area contributed by atoms with Gasteiger partial charge in [0.1, 0.15) is 6.61 Å². The molecule has 1 aromatic carbocycles. The third kappa shape index (κ3) is 5.38. The van der Waals surface area contributed by atoms with Crippen LogP contribution in [-0.4, -0.2) is 42.9 Å². The lowest BCUT2D eigenvalue weighted by molar-refractivity contribution is -0.138. The van der Waals surface area contributed by atoms with E-state index in [4.69, 9.17) is 9.47 Å². The summed E-state index contributed by atoms with van der Waals surface area (Å²) >= 11 is 3.36. The Hall–Kier alpha value is -2.84. The minimum absolute atomic E-state index is 0.0264. The Balaban J connectivity index is 1.72. The standard InChI is InChI=1S/C27H29NO5S2/c1-4-34-13-11-33-27(31)23-16(2)28-20-14-19(22-6-5-12-35-22)15-21(29)25(20)24(23)17-7-9-18(10-8-17)26(30)32-3/h5-10,12,19,24,28H,4,11,13-15H2,1-3H3. The van der Waals surface area contributed by atoms with Gasteiger partial charge in [-0.25, -0.2) is 9.59 Å². The van der Waals surface area contributed by atoms with Crippen molar-refractivity contribution in [2.45, 2.75) is 38.5 Å². The van der Waals surface area contributed by atoms with Crippen LogP contribution in [0.25, 0.3) is 0 Å². The Kier molecular flexibility index (Phi) is 8.13. The maximum atomic E-state index is 13.6. The molecule has 2 aromatic rings. The van der Waals surface area contributed by atoms with Crippen molar-refractivity contribution >= 4 is 40.8 Å². The van der Waals surface area contributed by atoms with Gasteiger partial charge in [-0.2, -0.15) is 11.8 Å². The first kappa shape index (κ1) is 25.3. The third-order valence-electron chi connectivity index (χ3n) is 6.32. The minimum atomic E-state index is -0.555. The number of dihydropyridines is 1. The van der Waals surface area contributed by atoms with Crippen LogP contribution in [-0.2, 0) is 19.1 Å². The summed E-state index contributed by atoms with van der Waals surface area (Å²) in [6, 6.07) is 11.0. The van der Waals surface area contributed by atoms with Crippen LogP contribution in [0, 0.1) is 0 Å². The summed E-state index contributed by atoms with van der Waals surface area (Å²) in [6.07, 6.45) is 1.09. The van der Waals surface area contributed by atoms with Crippen LogP contribution < -0.4 is 5.32 Å². The van der Waals surface area contributed by atoms with Gasteiger partial charge in [0.2, 0.25) is 0 Å². The molecule has 2 unspecified atom stereocenters. The van der Waals surface area contributed by atoms with E-state index in [2.05, 4.69) is 18.3 Å². The lowest BCUT2D eigenvalue weighted by atomic mass is 9.72. The first-order valence-electron chi connectivity index (χ1n) is 11.6. The van der Waals surface area contributed by atoms with Crippen LogP contribution in [0.5, 0.6) is 0 Å². The number of thioether (sulfide) groups is 1. The molecule has 1 aromatic heterocycles. The smallest absolute Gasteiger partial charge is 0.337 e. The number of hydrogen-bond donors (Lipinski definition) is 1. The number of carbonyl (C=O) groups is 3. The fourth-order valence-corrected chi connectivity index (χ4v) is 6.03. The Labute approximate surface area is 213 Å². The molecule has 0 spiro atoms. The molecule has 1 N–H and O–H groups in total. The van der Waals surface area contributed by atoms with Gasteiger partial charge < -0.3 is 14.8 Å². The van der Waals surface area contributed by atoms with Crippen molar-refractivity contribution in [2.24, 2.45) is 0 Å². The van der Waals surface area contributed by atoms with Crippen molar-refractivity contribution in [1.82, 2.24) is 5.32 Å². The van der Waals surface area contributed by atoms with Crippen LogP contribution in [0.15, 0.2) is 64.3 Å². The number of benzene rings is 1. The molecule has 35 heavy (non-hydrogen) atoms. The van der Waals surface area contributed by atoms with E-state index in [1.54, 1.807) is 47.4 Å². The second-order valence-electron chi connectivity index (χ2n) is 8.48. The van der Waals surface area contributed by atoms with E-state index in [-0.39, 0.29) is 11.7 Å². The van der Waals surface area contributed by atoms with Crippen LogP contribution in [0.1, 0.15) is 59.3 Å². The maximum absolute atomic E-state index is 13.6. The molecule has 4 rings (SSSR count). The zero-order valence-corrected chi connectivity index (χ0v) is 21.7. The number of hydrogen-bond acceptors (Lipinski definition) is 8. The molecule has 2 aliphatic rings. The molecule has 0 saturated heterocycles. The third-order valence-corrected chi connectivity index (χ3v) is 8.22. The van der Waals surface area contributed by atoms with E-state index in [0.717, 1.165) is 22.8 Å². The van der Waals surface area contributed by atoms with Gasteiger partial charge in [-0.15, -0.1) is 11.3 Å². The normalized spacial score (nSPS) is 19.8. The van der Waals surface area contributed by atoms with E-state index >= 15 is 0 Å². The number of Topliss-reactive ketones (excluding diaryl/α,β-unsaturated/α-hetero) is 1. The number of allylic oxidation sites excluding steroid dienone is 3. The summed E-state index contributed by atoms with van der Waals surface area (Å²) in [5, 5.41) is 5.40. The second-order valence-corrected chi connectivity index (χ2v) is 10.9. The molecule has 0 radical (unpaired) electrons. The van der Waals surface area contributed by atoms with Crippen LogP contribution in [0.4, 0.5) is 0 Å². The molecule has 1 aliphatic carbocycles. The highest BCUT2D eigenvalue weighted by Crippen LogP contribution is 2.46. The summed E-state index contributed by atoms with van der Waals surface area (Å²) < 4.78 is 10.4. The van der Waals surface area contributed by atoms with Gasteiger partial charge in [0.05, 0.1) is 18.2 Å². The van der Waals surface area contributed by atoms with Gasteiger partial charge in [-0.3, -0.25) is 4.79 Å². The lowest BCUT2D eigenvalue weighted by Crippen LogP contribution is -2.36. The summed E-state index contributed by atoms with van der Waals surface area (Å²) in [5.74, 6) is 0.396. The average molecular weight is 512 g/mol. The van der Waals surface area contributed by atoms with Gasteiger partial charge >= 0.3 is 11.9 Å². The Morgan fingerprint density at radius 1 is 1.14 bits per heavy atom. The van der Waals surface area contributed by atoms with E-state index < -0.39 is 17.9 Å². The van der Waals surface area contributed by atoms with Crippen molar-refractivity contribution < 1.29 is 23.9 Å². The fourth-order valence-electron chi connectivity index (χ4n) is 4.71. The molecule has 0 fully saturated rings. The van der Waals surface area contributed by atoms with Gasteiger partial charge in [0.15, 0.2) is 5.78 Å². The molecule has 0 bridgehead atoms. The molecule has 2 heterocycles. The molecule has 0 saturated carbocycles. The van der Waals surface area contributed by atoms with Gasteiger partial charge in [-0.1, -0.05) is 25.1 Å². The van der Waals surface area contributed by atoms with Gasteiger partial charge in [0.25, 0.3) is 0 Å². The highest BCUT2D eigenvalue weighted by Gasteiger charge is 2.41. The molecule has 2 atom stereocenters. The summed E-state index contributed by atoms with van der Waals surface area (Å²) in [7, 11) is 1.34. The van der Waals surface area contributed by atoms with E-state index in [1.807, 2.05) is 18.4 Å². The molecule has 6 nitrogen and oxygen atoms in total. The summed E-state index contributed by atoms with van der Waals surface area (Å²) in [5.41, 5.74) is 3.79. The topological polar surface area (TPSA) is 81.7 Å². The summed E-state index contributed by atoms with van der Waals surface area (Å²) in [4.78, 5) is 40.0. The Bertz CT molecular complexity index is 1160. The van der Waals surface area contributed by atoms with Gasteiger partial charge in [-0.05, 0) is 48.2 Å². The van der Waals surface area contributed by atoms with E-state index in [9.17, 15) is 14.4 Å². The predicted octanol–water partition coefficient (Wildman–Crippen LogP) is 5.19. The number of ether oxygens (including phenoxy) is 2. The zero-order chi connectivity index (χ0) is 24.9. The number of esters is 2. The highest BCUT2D eigenvalue weighted by atomic mass is 32.2. The van der Waals surface area contributed by atoms with Crippen LogP contribution in [0.3, 0.4) is 0 Å². The Morgan fingerprint density at radius 2 is 1.91 bits per heavy atom. The molecule has 0 amide bonds. The summed E-state index contributed by atoms with van der Waals surface area (Å²) in [6.45, 7) is 4.23. The average Bonchev–Trinajstić information content (AvgIpc) is 3.40. The van der Waals surface area contributed by atoms with Crippen LogP contribution >= 0.6 is 23.1 Å². The first-order valence-corrected chi connectivity index (χ1v) is 13.7. The lowest BCUT2D eigenvalue weighted by Gasteiger charge is -2.36. The molecular weight excluding hydrogens is 482 g/mol. The van der Waals surface area contributed by atoms with Crippen molar-refractivity contribution in [3.05, 3.63) is 80.3 Å². The van der Waals surface area contributed by atoms with Crippen LogP contribution in [0.2, 0.25) is 0 Å². The molecule has 1 aliphatic heterocycles. The van der Waals surface area contributed by atoms with E-state index in [0.29, 0.717) is 41.9 Å². The maximum Gasteiger partial charge on any atom is 0.337 e. The predicted molar refractivity (Wildman–Crippen MR) is 139 cm³/mol. The van der Waals surface area contributed by atoms with E-state index in [1.165, 1.54) is 12.0 Å². The number of methoxy groups -OCH3 is 1. The zero-order valence-electron chi connectivity index (χ0n) is 20.1. The first-order chi connectivity index (χ1) is 16.9. The quantitative estimate of drug-likeness (QED) is 0.386. The monoisotopic (exact) mass is 511 g/mol. The fraction of sp³-hybridized carbons (Fsp3) is 0.370. The van der Waals surface area contributed by atoms with Crippen molar-refractivity contribution in [1.29, 1.82) is 0 Å². The number of rotatable bonds is 8. The van der Waals surface area contributed by atoms with Crippen molar-refractivity contribution in [3.63, 3.8) is 0 Å². The molecular formula is C27H29NO5S2. The number of ketones is 1. The second kappa shape index (κ2) is 11.3. The van der Waals surface area contributed by atoms with Gasteiger partial charge in [0, 0.05) is 45.9 Å². The largest absolute Gasteiger partial charge is 0.465 e. The minimum Gasteiger partial charge on any atom is -0.465 e. The molecule has 8 heteroatoms. The number of nitrogens with one attached hydrogen (secondary N) is 1. The van der Waals surface area contributed by atoms with Crippen molar-refractivity contribution in [3.8, 4) is 0 Å². The highest BCUT2D eigenvalue weighted by molar-refractivity contribution is 7.99. The number of thiophene rings is 1. The Morgan fingerprint density at radius 3 is 2.57 bits per heavy atom.